The van der Waals surface area contributed by atoms with Crippen LogP contribution < -0.4 is 9.47 Å². The average molecular weight is 314 g/mol. The molecule has 6 heteroatoms. The number of alkyl halides is 1. The van der Waals surface area contributed by atoms with Crippen molar-refractivity contribution in [3.63, 3.8) is 0 Å². The molecular formula is C15H20ClNO4. The van der Waals surface area contributed by atoms with Crippen LogP contribution in [0.1, 0.15) is 38.2 Å². The van der Waals surface area contributed by atoms with Crippen molar-refractivity contribution < 1.29 is 14.4 Å². The quantitative estimate of drug-likeness (QED) is 0.462. The van der Waals surface area contributed by atoms with Crippen LogP contribution in [0.15, 0.2) is 12.1 Å². The lowest BCUT2D eigenvalue weighted by molar-refractivity contribution is -0.385. The lowest BCUT2D eigenvalue weighted by atomic mass is 9.89. The van der Waals surface area contributed by atoms with Gasteiger partial charge in [-0.15, -0.1) is 11.6 Å². The zero-order valence-electron chi connectivity index (χ0n) is 12.3. The molecule has 0 bridgehead atoms. The molecule has 0 saturated heterocycles. The molecule has 1 aromatic rings. The van der Waals surface area contributed by atoms with Crippen LogP contribution in [-0.4, -0.2) is 18.1 Å². The van der Waals surface area contributed by atoms with Crippen molar-refractivity contribution >= 4 is 17.3 Å². The minimum absolute atomic E-state index is 0.0235. The Balaban J connectivity index is 2.28. The van der Waals surface area contributed by atoms with Crippen molar-refractivity contribution in [3.8, 4) is 11.5 Å². The summed E-state index contributed by atoms with van der Waals surface area (Å²) in [7, 11) is 1.52. The Labute approximate surface area is 129 Å². The van der Waals surface area contributed by atoms with E-state index in [1.54, 1.807) is 6.07 Å². The van der Waals surface area contributed by atoms with Crippen LogP contribution >= 0.6 is 11.6 Å². The molecule has 5 nitrogen and oxygen atoms in total. The predicted octanol–water partition coefficient (Wildman–Crippen LogP) is 4.30. The zero-order valence-corrected chi connectivity index (χ0v) is 13.1. The Morgan fingerprint density at radius 2 is 2.14 bits per heavy atom. The summed E-state index contributed by atoms with van der Waals surface area (Å²) in [5.41, 5.74) is 0.410. The molecule has 0 N–H and O–H groups in total. The Hall–Kier alpha value is -1.49. The van der Waals surface area contributed by atoms with Crippen LogP contribution in [0, 0.1) is 16.0 Å². The smallest absolute Gasteiger partial charge is 0.277 e. The lowest BCUT2D eigenvalue weighted by Crippen LogP contribution is -2.24. The Morgan fingerprint density at radius 1 is 1.38 bits per heavy atom. The number of nitrogens with zero attached hydrogens (tertiary/aromatic N) is 1. The molecule has 1 aromatic carbocycles. The first kappa shape index (κ1) is 15.9. The normalized spacial score (nSPS) is 21.9. The fraction of sp³-hybridized carbons (Fsp3) is 0.600. The van der Waals surface area contributed by atoms with Crippen LogP contribution in [-0.2, 0) is 5.88 Å². The third-order valence-corrected chi connectivity index (χ3v) is 4.18. The highest BCUT2D eigenvalue weighted by Gasteiger charge is 2.24. The van der Waals surface area contributed by atoms with Gasteiger partial charge in [0.1, 0.15) is 0 Å². The van der Waals surface area contributed by atoms with Gasteiger partial charge in [0.2, 0.25) is 0 Å². The topological polar surface area (TPSA) is 61.6 Å². The van der Waals surface area contributed by atoms with E-state index in [9.17, 15) is 10.1 Å². The molecule has 2 rings (SSSR count). The van der Waals surface area contributed by atoms with Crippen LogP contribution in [0.5, 0.6) is 11.5 Å². The van der Waals surface area contributed by atoms with Crippen molar-refractivity contribution in [2.75, 3.05) is 7.11 Å². The number of hydrogen-bond acceptors (Lipinski definition) is 4. The Bertz CT molecular complexity index is 521. The van der Waals surface area contributed by atoms with Gasteiger partial charge in [0.25, 0.3) is 5.69 Å². The standard InChI is InChI=1S/C15H20ClNO4/c1-10-4-3-5-12(6-10)21-15-8-13(17(18)19)11(9-16)7-14(15)20-2/h7-8,10,12H,3-6,9H2,1-2H3. The lowest BCUT2D eigenvalue weighted by Gasteiger charge is -2.28. The van der Waals surface area contributed by atoms with Crippen molar-refractivity contribution in [1.82, 2.24) is 0 Å². The van der Waals surface area contributed by atoms with Gasteiger partial charge in [-0.25, -0.2) is 0 Å². The van der Waals surface area contributed by atoms with Crippen LogP contribution in [0.4, 0.5) is 5.69 Å². The molecule has 1 fully saturated rings. The predicted molar refractivity (Wildman–Crippen MR) is 81.3 cm³/mol. The van der Waals surface area contributed by atoms with E-state index >= 15 is 0 Å². The second-order valence-corrected chi connectivity index (χ2v) is 5.80. The number of benzene rings is 1. The van der Waals surface area contributed by atoms with E-state index < -0.39 is 4.92 Å². The van der Waals surface area contributed by atoms with Gasteiger partial charge in [0.05, 0.1) is 30.1 Å². The molecule has 2 unspecified atom stereocenters. The van der Waals surface area contributed by atoms with E-state index in [1.165, 1.54) is 19.6 Å². The second kappa shape index (κ2) is 6.98. The maximum Gasteiger partial charge on any atom is 0.277 e. The van der Waals surface area contributed by atoms with E-state index in [4.69, 9.17) is 21.1 Å². The maximum atomic E-state index is 11.1. The van der Waals surface area contributed by atoms with Crippen molar-refractivity contribution in [3.05, 3.63) is 27.8 Å². The van der Waals surface area contributed by atoms with Crippen LogP contribution in [0.2, 0.25) is 0 Å². The van der Waals surface area contributed by atoms with E-state index in [1.807, 2.05) is 0 Å². The van der Waals surface area contributed by atoms with E-state index in [0.29, 0.717) is 23.0 Å². The van der Waals surface area contributed by atoms with Crippen molar-refractivity contribution in [1.29, 1.82) is 0 Å². The fourth-order valence-corrected chi connectivity index (χ4v) is 3.00. The minimum atomic E-state index is -0.437. The van der Waals surface area contributed by atoms with Crippen molar-refractivity contribution in [2.45, 2.75) is 44.6 Å². The molecule has 0 spiro atoms. The summed E-state index contributed by atoms with van der Waals surface area (Å²) < 4.78 is 11.3. The molecular weight excluding hydrogens is 294 g/mol. The monoisotopic (exact) mass is 313 g/mol. The fourth-order valence-electron chi connectivity index (χ4n) is 2.78. The van der Waals surface area contributed by atoms with Gasteiger partial charge in [-0.3, -0.25) is 10.1 Å². The number of nitro benzene ring substituents is 1. The van der Waals surface area contributed by atoms with E-state index in [-0.39, 0.29) is 17.7 Å². The van der Waals surface area contributed by atoms with Gasteiger partial charge in [0, 0.05) is 5.56 Å². The summed E-state index contributed by atoms with van der Waals surface area (Å²) >= 11 is 5.77. The first-order valence-electron chi connectivity index (χ1n) is 7.13. The van der Waals surface area contributed by atoms with Crippen LogP contribution in [0.3, 0.4) is 0 Å². The third-order valence-electron chi connectivity index (χ3n) is 3.89. The highest BCUT2D eigenvalue weighted by atomic mass is 35.5. The number of methoxy groups -OCH3 is 1. The molecule has 0 aliphatic heterocycles. The Kier molecular flexibility index (Phi) is 5.28. The zero-order chi connectivity index (χ0) is 15.4. The van der Waals surface area contributed by atoms with Gasteiger partial charge in [-0.1, -0.05) is 13.3 Å². The average Bonchev–Trinajstić information content (AvgIpc) is 2.46. The minimum Gasteiger partial charge on any atom is -0.493 e. The summed E-state index contributed by atoms with van der Waals surface area (Å²) in [5, 5.41) is 11.1. The SMILES string of the molecule is COc1cc(CCl)c([N+](=O)[O-])cc1OC1CCCC(C)C1. The summed E-state index contributed by atoms with van der Waals surface area (Å²) in [6.45, 7) is 2.20. The molecule has 116 valence electrons. The molecule has 0 radical (unpaired) electrons. The number of ether oxygens (including phenoxy) is 2. The van der Waals surface area contributed by atoms with Crippen molar-refractivity contribution in [2.24, 2.45) is 5.92 Å². The molecule has 1 aliphatic carbocycles. The van der Waals surface area contributed by atoms with Gasteiger partial charge in [0.15, 0.2) is 11.5 Å². The largest absolute Gasteiger partial charge is 0.493 e. The maximum absolute atomic E-state index is 11.1. The molecule has 21 heavy (non-hydrogen) atoms. The van der Waals surface area contributed by atoms with Crippen LogP contribution in [0.25, 0.3) is 0 Å². The first-order chi connectivity index (χ1) is 10.0. The van der Waals surface area contributed by atoms with Gasteiger partial charge in [-0.05, 0) is 31.2 Å². The molecule has 0 aromatic heterocycles. The summed E-state index contributed by atoms with van der Waals surface area (Å²) in [4.78, 5) is 10.7. The summed E-state index contributed by atoms with van der Waals surface area (Å²) in [6, 6.07) is 3.02. The first-order valence-corrected chi connectivity index (χ1v) is 7.66. The van der Waals surface area contributed by atoms with Gasteiger partial charge in [-0.2, -0.15) is 0 Å². The molecule has 0 heterocycles. The summed E-state index contributed by atoms with van der Waals surface area (Å²) in [6.07, 6.45) is 4.36. The van der Waals surface area contributed by atoms with Gasteiger partial charge >= 0.3 is 0 Å². The number of nitro groups is 1. The molecule has 1 saturated carbocycles. The Morgan fingerprint density at radius 3 is 2.71 bits per heavy atom. The highest BCUT2D eigenvalue weighted by molar-refractivity contribution is 6.17. The summed E-state index contributed by atoms with van der Waals surface area (Å²) in [5.74, 6) is 1.60. The second-order valence-electron chi connectivity index (χ2n) is 5.53. The number of rotatable bonds is 5. The third kappa shape index (κ3) is 3.79. The highest BCUT2D eigenvalue weighted by Crippen LogP contribution is 2.38. The molecule has 1 aliphatic rings. The van der Waals surface area contributed by atoms with E-state index in [0.717, 1.165) is 19.3 Å². The molecule has 2 atom stereocenters. The number of hydrogen-bond donors (Lipinski definition) is 0. The molecule has 0 amide bonds. The number of halogens is 1. The van der Waals surface area contributed by atoms with E-state index in [2.05, 4.69) is 6.92 Å². The van der Waals surface area contributed by atoms with Gasteiger partial charge < -0.3 is 9.47 Å².